The van der Waals surface area contributed by atoms with Gasteiger partial charge >= 0.3 is 11.7 Å². The minimum Gasteiger partial charge on any atom is -0.454 e. The summed E-state index contributed by atoms with van der Waals surface area (Å²) in [5.41, 5.74) is 1.43. The highest BCUT2D eigenvalue weighted by Gasteiger charge is 2.16. The molecule has 10 nitrogen and oxygen atoms in total. The number of hydrogen-bond acceptors (Lipinski definition) is 6. The fourth-order valence-electron chi connectivity index (χ4n) is 2.72. The van der Waals surface area contributed by atoms with Crippen molar-refractivity contribution in [3.63, 3.8) is 0 Å². The van der Waals surface area contributed by atoms with Crippen molar-refractivity contribution in [3.8, 4) is 5.69 Å². The predicted molar refractivity (Wildman–Crippen MR) is 104 cm³/mol. The lowest BCUT2D eigenvalue weighted by molar-refractivity contribution is -0.148. The average Bonchev–Trinajstić information content (AvgIpc) is 2.97. The van der Waals surface area contributed by atoms with E-state index in [-0.39, 0.29) is 0 Å². The molecular weight excluding hydrogens is 378 g/mol. The topological polar surface area (TPSA) is 128 Å². The number of ether oxygens (including phenoxy) is 1. The largest absolute Gasteiger partial charge is 0.454 e. The first-order valence-corrected chi connectivity index (χ1v) is 8.72. The summed E-state index contributed by atoms with van der Waals surface area (Å²) in [6.07, 6.45) is 1.17. The van der Waals surface area contributed by atoms with Crippen molar-refractivity contribution in [2.45, 2.75) is 20.4 Å². The van der Waals surface area contributed by atoms with Crippen LogP contribution in [0.3, 0.4) is 0 Å². The van der Waals surface area contributed by atoms with Gasteiger partial charge < -0.3 is 10.1 Å². The number of H-pyrrole nitrogens is 1. The molecule has 0 fully saturated rings. The van der Waals surface area contributed by atoms with Gasteiger partial charge in [0.2, 0.25) is 0 Å². The minimum atomic E-state index is -0.789. The highest BCUT2D eigenvalue weighted by Crippen LogP contribution is 2.22. The smallest absolute Gasteiger partial charge is 0.328 e. The van der Waals surface area contributed by atoms with Crippen LogP contribution in [0, 0.1) is 13.8 Å². The molecule has 3 aromatic rings. The zero-order valence-electron chi connectivity index (χ0n) is 15.8. The van der Waals surface area contributed by atoms with Crippen LogP contribution in [0.2, 0.25) is 0 Å². The van der Waals surface area contributed by atoms with E-state index in [1.54, 1.807) is 11.6 Å². The Morgan fingerprint density at radius 2 is 1.86 bits per heavy atom. The molecule has 10 heteroatoms. The summed E-state index contributed by atoms with van der Waals surface area (Å²) < 4.78 is 7.59. The van der Waals surface area contributed by atoms with Gasteiger partial charge in [0, 0.05) is 12.3 Å². The van der Waals surface area contributed by atoms with Gasteiger partial charge in [0.15, 0.2) is 6.61 Å². The number of aromatic nitrogens is 4. The molecule has 0 saturated carbocycles. The van der Waals surface area contributed by atoms with Crippen molar-refractivity contribution in [3.05, 3.63) is 74.8 Å². The Hall–Kier alpha value is -3.95. The normalized spacial score (nSPS) is 10.6. The number of carbonyl (C=O) groups excluding carboxylic acids is 2. The summed E-state index contributed by atoms with van der Waals surface area (Å²) >= 11 is 0. The van der Waals surface area contributed by atoms with Gasteiger partial charge in [-0.2, -0.15) is 5.10 Å². The molecule has 0 aliphatic rings. The Morgan fingerprint density at radius 3 is 2.55 bits per heavy atom. The summed E-state index contributed by atoms with van der Waals surface area (Å²) in [4.78, 5) is 48.7. The molecule has 0 atom stereocenters. The second-order valence-corrected chi connectivity index (χ2v) is 6.24. The van der Waals surface area contributed by atoms with Crippen molar-refractivity contribution in [2.75, 3.05) is 11.9 Å². The van der Waals surface area contributed by atoms with Crippen LogP contribution in [0.25, 0.3) is 5.69 Å². The Bertz CT molecular complexity index is 1160. The quantitative estimate of drug-likeness (QED) is 0.584. The number of anilines is 1. The van der Waals surface area contributed by atoms with E-state index in [0.717, 1.165) is 22.0 Å². The molecule has 3 rings (SSSR count). The van der Waals surface area contributed by atoms with E-state index in [2.05, 4.69) is 10.4 Å². The van der Waals surface area contributed by atoms with Crippen LogP contribution in [0.15, 0.2) is 52.2 Å². The number of esters is 1. The number of carbonyl (C=O) groups is 2. The fraction of sp³-hybridized carbons (Fsp3) is 0.211. The zero-order chi connectivity index (χ0) is 21.0. The summed E-state index contributed by atoms with van der Waals surface area (Å²) in [6.45, 7) is 2.63. The molecular formula is C19H19N5O5. The van der Waals surface area contributed by atoms with E-state index < -0.39 is 36.3 Å². The van der Waals surface area contributed by atoms with Crippen molar-refractivity contribution >= 4 is 17.6 Å². The van der Waals surface area contributed by atoms with Gasteiger partial charge in [-0.25, -0.2) is 9.48 Å². The minimum absolute atomic E-state index is 0.424. The van der Waals surface area contributed by atoms with Crippen LogP contribution in [0.1, 0.15) is 11.4 Å². The predicted octanol–water partition coefficient (Wildman–Crippen LogP) is 0.521. The van der Waals surface area contributed by atoms with E-state index in [4.69, 9.17) is 4.74 Å². The summed E-state index contributed by atoms with van der Waals surface area (Å²) in [5, 5.41) is 7.12. The van der Waals surface area contributed by atoms with Crippen molar-refractivity contribution in [2.24, 2.45) is 0 Å². The molecule has 150 valence electrons. The van der Waals surface area contributed by atoms with Crippen molar-refractivity contribution in [1.82, 2.24) is 19.3 Å². The number of benzene rings is 1. The Kier molecular flexibility index (Phi) is 5.72. The van der Waals surface area contributed by atoms with Gasteiger partial charge in [0.25, 0.3) is 11.5 Å². The van der Waals surface area contributed by atoms with E-state index in [1.807, 2.05) is 42.2 Å². The first-order valence-electron chi connectivity index (χ1n) is 8.72. The second-order valence-electron chi connectivity index (χ2n) is 6.24. The molecule has 1 aromatic carbocycles. The molecule has 0 radical (unpaired) electrons. The van der Waals surface area contributed by atoms with Gasteiger partial charge in [0.05, 0.1) is 22.8 Å². The molecule has 2 heterocycles. The summed E-state index contributed by atoms with van der Waals surface area (Å²) in [5.74, 6) is -1.33. The fourth-order valence-corrected chi connectivity index (χ4v) is 2.72. The SMILES string of the molecule is Cc1nn(-c2ccccc2)c(C)c1NC(=O)COC(=O)Cn1ccc(=O)[nH]c1=O. The van der Waals surface area contributed by atoms with Crippen LogP contribution < -0.4 is 16.6 Å². The molecule has 2 N–H and O–H groups in total. The lowest BCUT2D eigenvalue weighted by Crippen LogP contribution is -2.32. The number of para-hydroxylation sites is 1. The highest BCUT2D eigenvalue weighted by molar-refractivity contribution is 5.93. The maximum atomic E-state index is 12.2. The molecule has 1 amide bonds. The maximum absolute atomic E-state index is 12.2. The molecule has 0 bridgehead atoms. The average molecular weight is 397 g/mol. The molecule has 2 aromatic heterocycles. The molecule has 0 unspecified atom stereocenters. The monoisotopic (exact) mass is 397 g/mol. The third-order valence-corrected chi connectivity index (χ3v) is 4.12. The Labute approximate surface area is 164 Å². The van der Waals surface area contributed by atoms with E-state index in [0.29, 0.717) is 11.4 Å². The van der Waals surface area contributed by atoms with E-state index in [9.17, 15) is 19.2 Å². The number of aromatic amines is 1. The van der Waals surface area contributed by atoms with E-state index >= 15 is 0 Å². The molecule has 0 saturated heterocycles. The van der Waals surface area contributed by atoms with Crippen LogP contribution in [0.5, 0.6) is 0 Å². The second kappa shape index (κ2) is 8.38. The first-order chi connectivity index (χ1) is 13.8. The van der Waals surface area contributed by atoms with Crippen LogP contribution in [-0.4, -0.2) is 37.8 Å². The van der Waals surface area contributed by atoms with Crippen LogP contribution in [0.4, 0.5) is 5.69 Å². The van der Waals surface area contributed by atoms with Crippen LogP contribution in [-0.2, 0) is 20.9 Å². The van der Waals surface area contributed by atoms with Gasteiger partial charge in [0.1, 0.15) is 6.54 Å². The number of rotatable bonds is 6. The van der Waals surface area contributed by atoms with E-state index in [1.165, 1.54) is 6.20 Å². The van der Waals surface area contributed by atoms with Gasteiger partial charge in [-0.1, -0.05) is 18.2 Å². The molecule has 0 aliphatic heterocycles. The number of aryl methyl sites for hydroxylation is 1. The standard InChI is InChI=1S/C19H19N5O5/c1-12-18(13(2)24(22-12)14-6-4-3-5-7-14)20-16(26)11-29-17(27)10-23-9-8-15(25)21-19(23)28/h3-9H,10-11H2,1-2H3,(H,20,26)(H,21,25,28). The lowest BCUT2D eigenvalue weighted by atomic mass is 10.3. The third kappa shape index (κ3) is 4.67. The van der Waals surface area contributed by atoms with Gasteiger partial charge in [-0.3, -0.25) is 23.9 Å². The lowest BCUT2D eigenvalue weighted by Gasteiger charge is -2.08. The Balaban J connectivity index is 1.61. The number of hydrogen-bond donors (Lipinski definition) is 2. The van der Waals surface area contributed by atoms with Crippen LogP contribution >= 0.6 is 0 Å². The summed E-state index contributed by atoms with van der Waals surface area (Å²) in [7, 11) is 0. The first kappa shape index (κ1) is 19.8. The number of nitrogens with zero attached hydrogens (tertiary/aromatic N) is 3. The Morgan fingerprint density at radius 1 is 1.14 bits per heavy atom. The molecule has 0 aliphatic carbocycles. The molecule has 0 spiro atoms. The van der Waals surface area contributed by atoms with Crippen molar-refractivity contribution < 1.29 is 14.3 Å². The van der Waals surface area contributed by atoms with Gasteiger partial charge in [-0.15, -0.1) is 0 Å². The van der Waals surface area contributed by atoms with Crippen molar-refractivity contribution in [1.29, 1.82) is 0 Å². The number of nitrogens with one attached hydrogen (secondary N) is 2. The number of amides is 1. The maximum Gasteiger partial charge on any atom is 0.328 e. The molecule has 29 heavy (non-hydrogen) atoms. The summed E-state index contributed by atoms with van der Waals surface area (Å²) in [6, 6.07) is 10.6. The van der Waals surface area contributed by atoms with Gasteiger partial charge in [-0.05, 0) is 26.0 Å². The zero-order valence-corrected chi connectivity index (χ0v) is 15.8. The highest BCUT2D eigenvalue weighted by atomic mass is 16.5. The third-order valence-electron chi connectivity index (χ3n) is 4.12.